The zero-order valence-electron chi connectivity index (χ0n) is 19.2. The molecule has 1 aliphatic heterocycles. The summed E-state index contributed by atoms with van der Waals surface area (Å²) in [6.07, 6.45) is 0.849. The third-order valence-corrected chi connectivity index (χ3v) is 6.48. The Morgan fingerprint density at radius 2 is 1.91 bits per heavy atom. The van der Waals surface area contributed by atoms with Crippen LogP contribution in [0.3, 0.4) is 0 Å². The number of nitrogens with zero attached hydrogens (tertiary/aromatic N) is 3. The predicted molar refractivity (Wildman–Crippen MR) is 135 cm³/mol. The number of thioether (sulfide) groups is 1. The Kier molecular flexibility index (Phi) is 7.72. The Morgan fingerprint density at radius 1 is 1.11 bits per heavy atom. The molecule has 3 aromatic rings. The molecule has 4 rings (SSSR count). The topological polar surface area (TPSA) is 90.3 Å². The average molecular weight is 556 g/mol. The molecule has 0 aliphatic carbocycles. The van der Waals surface area contributed by atoms with E-state index in [1.165, 1.54) is 18.9 Å². The average Bonchev–Trinajstić information content (AvgIpc) is 3.30. The van der Waals surface area contributed by atoms with Gasteiger partial charge < -0.3 is 14.2 Å². The van der Waals surface area contributed by atoms with Crippen LogP contribution in [-0.2, 0) is 20.1 Å². The van der Waals surface area contributed by atoms with E-state index in [1.54, 1.807) is 43.3 Å². The third kappa shape index (κ3) is 5.83. The lowest BCUT2D eigenvalue weighted by Gasteiger charge is -2.21. The highest BCUT2D eigenvalue weighted by molar-refractivity contribution is 9.10. The second-order valence-corrected chi connectivity index (χ2v) is 9.41. The van der Waals surface area contributed by atoms with Crippen molar-refractivity contribution in [3.63, 3.8) is 0 Å². The smallest absolute Gasteiger partial charge is 0.308 e. The summed E-state index contributed by atoms with van der Waals surface area (Å²) in [4.78, 5) is 28.4. The Labute approximate surface area is 215 Å². The van der Waals surface area contributed by atoms with Gasteiger partial charge in [-0.2, -0.15) is 5.01 Å². The number of carbonyl (C=O) groups is 2. The molecule has 2 heterocycles. The number of hydrogen-bond donors (Lipinski definition) is 0. The van der Waals surface area contributed by atoms with Crippen molar-refractivity contribution in [1.82, 2.24) is 9.99 Å². The number of amides is 1. The van der Waals surface area contributed by atoms with E-state index in [1.807, 2.05) is 36.4 Å². The van der Waals surface area contributed by atoms with Gasteiger partial charge in [-0.15, -0.1) is 16.9 Å². The van der Waals surface area contributed by atoms with Crippen LogP contribution in [0.2, 0.25) is 0 Å². The molecule has 2 aromatic carbocycles. The van der Waals surface area contributed by atoms with Gasteiger partial charge in [0.05, 0.1) is 17.7 Å². The van der Waals surface area contributed by atoms with Crippen molar-refractivity contribution in [1.29, 1.82) is 0 Å². The predicted octanol–water partition coefficient (Wildman–Crippen LogP) is 5.31. The number of carbonyl (C=O) groups excluding carboxylic acids is 2. The number of pyridine rings is 1. The highest BCUT2D eigenvalue weighted by atomic mass is 79.9. The maximum Gasteiger partial charge on any atom is 0.308 e. The molecular weight excluding hydrogens is 534 g/mol. The van der Waals surface area contributed by atoms with Gasteiger partial charge >= 0.3 is 5.97 Å². The van der Waals surface area contributed by atoms with E-state index in [9.17, 15) is 9.59 Å². The molecule has 0 fully saturated rings. The van der Waals surface area contributed by atoms with Crippen molar-refractivity contribution >= 4 is 45.5 Å². The molecule has 1 amide bonds. The van der Waals surface area contributed by atoms with Crippen molar-refractivity contribution in [3.8, 4) is 11.5 Å². The maximum atomic E-state index is 12.4. The summed E-state index contributed by atoms with van der Waals surface area (Å²) in [5, 5.41) is 6.57. The molecule has 0 spiro atoms. The number of aromatic nitrogens is 1. The van der Waals surface area contributed by atoms with E-state index in [4.69, 9.17) is 14.2 Å². The number of ether oxygens (including phenoxy) is 3. The van der Waals surface area contributed by atoms with Gasteiger partial charge in [0.2, 0.25) is 18.0 Å². The van der Waals surface area contributed by atoms with Gasteiger partial charge in [0.1, 0.15) is 11.5 Å². The van der Waals surface area contributed by atoms with Crippen LogP contribution in [0.4, 0.5) is 0 Å². The SMILES string of the molecule is COc1ccc(C2=NN(C(C)=O)C(c3cc(Br)ccc3OC(C)=O)O2)cc1CSc1ccccn1. The van der Waals surface area contributed by atoms with E-state index in [2.05, 4.69) is 26.0 Å². The number of halogens is 1. The number of benzene rings is 2. The van der Waals surface area contributed by atoms with Crippen molar-refractivity contribution in [2.75, 3.05) is 7.11 Å². The van der Waals surface area contributed by atoms with Gasteiger partial charge in [-0.1, -0.05) is 22.0 Å². The van der Waals surface area contributed by atoms with Crippen LogP contribution in [0.1, 0.15) is 36.8 Å². The van der Waals surface area contributed by atoms with Gasteiger partial charge in [-0.05, 0) is 48.5 Å². The van der Waals surface area contributed by atoms with E-state index in [0.717, 1.165) is 20.8 Å². The Balaban J connectivity index is 1.65. The van der Waals surface area contributed by atoms with Gasteiger partial charge in [0.25, 0.3) is 0 Å². The summed E-state index contributed by atoms with van der Waals surface area (Å²) < 4.78 is 17.8. The maximum absolute atomic E-state index is 12.4. The normalized spacial score (nSPS) is 14.8. The van der Waals surface area contributed by atoms with Gasteiger partial charge in [-0.3, -0.25) is 9.59 Å². The molecule has 1 aliphatic rings. The second kappa shape index (κ2) is 10.9. The number of methoxy groups -OCH3 is 1. The Morgan fingerprint density at radius 3 is 2.60 bits per heavy atom. The minimum atomic E-state index is -0.900. The molecule has 10 heteroatoms. The quantitative estimate of drug-likeness (QED) is 0.221. The first kappa shape index (κ1) is 24.7. The van der Waals surface area contributed by atoms with Crippen LogP contribution in [0.25, 0.3) is 0 Å². The third-order valence-electron chi connectivity index (χ3n) is 5.00. The summed E-state index contributed by atoms with van der Waals surface area (Å²) in [6, 6.07) is 16.4. The summed E-state index contributed by atoms with van der Waals surface area (Å²) in [7, 11) is 1.62. The Hall–Kier alpha value is -3.37. The summed E-state index contributed by atoms with van der Waals surface area (Å²) in [6.45, 7) is 2.71. The molecule has 0 N–H and O–H groups in total. The lowest BCUT2D eigenvalue weighted by Crippen LogP contribution is -2.26. The second-order valence-electron chi connectivity index (χ2n) is 7.50. The fourth-order valence-electron chi connectivity index (χ4n) is 3.45. The van der Waals surface area contributed by atoms with Crippen molar-refractivity contribution < 1.29 is 23.8 Å². The fourth-order valence-corrected chi connectivity index (χ4v) is 4.67. The van der Waals surface area contributed by atoms with Gasteiger partial charge in [-0.25, -0.2) is 4.98 Å². The van der Waals surface area contributed by atoms with E-state index < -0.39 is 12.2 Å². The molecule has 0 saturated heterocycles. The summed E-state index contributed by atoms with van der Waals surface area (Å²) in [5.41, 5.74) is 2.09. The molecule has 1 aromatic heterocycles. The Bertz CT molecular complexity index is 1290. The first-order chi connectivity index (χ1) is 16.9. The standard InChI is InChI=1S/C25H22BrN3O5S/c1-15(30)29-25(20-13-19(26)8-10-22(20)33-16(2)31)34-24(28-29)17-7-9-21(32-3)18(12-17)14-35-23-6-4-5-11-27-23/h4-13,25H,14H2,1-3H3. The number of rotatable bonds is 7. The largest absolute Gasteiger partial charge is 0.496 e. The molecule has 180 valence electrons. The first-order valence-electron chi connectivity index (χ1n) is 10.6. The fraction of sp³-hybridized carbons (Fsp3) is 0.200. The zero-order chi connectivity index (χ0) is 24.9. The van der Waals surface area contributed by atoms with E-state index in [0.29, 0.717) is 16.9 Å². The van der Waals surface area contributed by atoms with Crippen LogP contribution in [-0.4, -0.2) is 34.9 Å². The minimum Gasteiger partial charge on any atom is -0.496 e. The van der Waals surface area contributed by atoms with Crippen LogP contribution in [0, 0.1) is 0 Å². The molecule has 0 bridgehead atoms. The number of esters is 1. The van der Waals surface area contributed by atoms with Gasteiger partial charge in [0, 0.05) is 41.4 Å². The van der Waals surface area contributed by atoms with Crippen LogP contribution in [0.15, 0.2) is 75.4 Å². The van der Waals surface area contributed by atoms with Crippen molar-refractivity contribution in [2.45, 2.75) is 30.9 Å². The van der Waals surface area contributed by atoms with Crippen molar-refractivity contribution in [2.24, 2.45) is 5.10 Å². The first-order valence-corrected chi connectivity index (χ1v) is 12.4. The number of hydrazone groups is 1. The molecule has 0 saturated carbocycles. The van der Waals surface area contributed by atoms with Crippen LogP contribution in [0.5, 0.6) is 11.5 Å². The highest BCUT2D eigenvalue weighted by Crippen LogP contribution is 2.38. The minimum absolute atomic E-state index is 0.269. The van der Waals surface area contributed by atoms with E-state index in [-0.39, 0.29) is 17.6 Å². The monoisotopic (exact) mass is 555 g/mol. The molecule has 8 nitrogen and oxygen atoms in total. The molecule has 0 radical (unpaired) electrons. The molecular formula is C25H22BrN3O5S. The highest BCUT2D eigenvalue weighted by Gasteiger charge is 2.35. The zero-order valence-corrected chi connectivity index (χ0v) is 21.6. The summed E-state index contributed by atoms with van der Waals surface area (Å²) in [5.74, 6) is 1.09. The molecule has 1 unspecified atom stereocenters. The van der Waals surface area contributed by atoms with Crippen molar-refractivity contribution in [3.05, 3.63) is 82.0 Å². The van der Waals surface area contributed by atoms with Crippen LogP contribution >= 0.6 is 27.7 Å². The lowest BCUT2D eigenvalue weighted by molar-refractivity contribution is -0.135. The summed E-state index contributed by atoms with van der Waals surface area (Å²) >= 11 is 5.01. The lowest BCUT2D eigenvalue weighted by atomic mass is 10.1. The van der Waals surface area contributed by atoms with Gasteiger partial charge in [0.15, 0.2) is 0 Å². The molecule has 35 heavy (non-hydrogen) atoms. The van der Waals surface area contributed by atoms with Crippen LogP contribution < -0.4 is 9.47 Å². The van der Waals surface area contributed by atoms with E-state index >= 15 is 0 Å². The molecule has 1 atom stereocenters. The number of hydrogen-bond acceptors (Lipinski definition) is 8.